The summed E-state index contributed by atoms with van der Waals surface area (Å²) in [4.78, 5) is 4.61. The number of hydrogen-bond acceptors (Lipinski definition) is 4. The van der Waals surface area contributed by atoms with Crippen LogP contribution in [0.2, 0.25) is 0 Å². The van der Waals surface area contributed by atoms with Gasteiger partial charge in [-0.1, -0.05) is 28.1 Å². The van der Waals surface area contributed by atoms with E-state index in [1.165, 1.54) is 11.3 Å². The number of nitrogens with zero attached hydrogens (tertiary/aromatic N) is 2. The van der Waals surface area contributed by atoms with Crippen LogP contribution in [0.1, 0.15) is 17.8 Å². The molecule has 0 radical (unpaired) electrons. The summed E-state index contributed by atoms with van der Waals surface area (Å²) >= 11 is 4.95. The molecule has 1 fully saturated rings. The quantitative estimate of drug-likeness (QED) is 0.830. The molecule has 1 saturated heterocycles. The normalized spacial score (nSPS) is 16.6. The molecule has 1 aliphatic rings. The van der Waals surface area contributed by atoms with Crippen LogP contribution in [-0.4, -0.2) is 11.5 Å². The van der Waals surface area contributed by atoms with E-state index < -0.39 is 0 Å². The van der Waals surface area contributed by atoms with Crippen molar-refractivity contribution in [2.45, 2.75) is 12.8 Å². The molecule has 2 heterocycles. The summed E-state index contributed by atoms with van der Waals surface area (Å²) in [6.45, 7) is 0.950. The summed E-state index contributed by atoms with van der Waals surface area (Å²) in [6, 6.07) is 10.3. The van der Waals surface area contributed by atoms with E-state index in [0.717, 1.165) is 45.8 Å². The maximum Gasteiger partial charge on any atom is 0.136 e. The predicted octanol–water partition coefficient (Wildman–Crippen LogP) is 4.19. The lowest BCUT2D eigenvalue weighted by Crippen LogP contribution is -2.05. The van der Waals surface area contributed by atoms with Gasteiger partial charge in [0.05, 0.1) is 5.69 Å². The zero-order chi connectivity index (χ0) is 13.9. The molecular weight excluding hydrogens is 334 g/mol. The van der Waals surface area contributed by atoms with Crippen LogP contribution in [0, 0.1) is 11.3 Å². The second-order valence-corrected chi connectivity index (χ2v) is 6.31. The first-order chi connectivity index (χ1) is 9.78. The minimum atomic E-state index is 0.691. The Balaban J connectivity index is 1.96. The molecule has 0 bridgehead atoms. The highest BCUT2D eigenvalue weighted by Gasteiger charge is 2.16. The number of allylic oxidation sites excluding steroid dienone is 2. The van der Waals surface area contributed by atoms with Crippen LogP contribution in [0.25, 0.3) is 16.8 Å². The molecule has 1 aromatic heterocycles. The number of aromatic nitrogens is 1. The minimum Gasteiger partial charge on any atom is -0.387 e. The van der Waals surface area contributed by atoms with Gasteiger partial charge in [-0.05, 0) is 25.0 Å². The summed E-state index contributed by atoms with van der Waals surface area (Å²) in [6.07, 6.45) is 2.03. The van der Waals surface area contributed by atoms with E-state index in [0.29, 0.717) is 5.57 Å². The number of benzene rings is 1. The Morgan fingerprint density at radius 2 is 2.15 bits per heavy atom. The molecule has 0 atom stereocenters. The van der Waals surface area contributed by atoms with Gasteiger partial charge in [0, 0.05) is 27.7 Å². The third kappa shape index (κ3) is 2.62. The third-order valence-corrected chi connectivity index (χ3v) is 4.60. The fourth-order valence-electron chi connectivity index (χ4n) is 2.19. The maximum atomic E-state index is 9.37. The summed E-state index contributed by atoms with van der Waals surface area (Å²) in [7, 11) is 0. The Bertz CT molecular complexity index is 687. The van der Waals surface area contributed by atoms with Gasteiger partial charge < -0.3 is 5.32 Å². The van der Waals surface area contributed by atoms with Gasteiger partial charge in [0.1, 0.15) is 16.6 Å². The first-order valence-corrected chi connectivity index (χ1v) is 8.04. The molecule has 3 nitrogen and oxygen atoms in total. The zero-order valence-electron chi connectivity index (χ0n) is 10.7. The lowest BCUT2D eigenvalue weighted by atomic mass is 10.1. The van der Waals surface area contributed by atoms with Crippen LogP contribution in [0.5, 0.6) is 0 Å². The fourth-order valence-corrected chi connectivity index (χ4v) is 3.31. The van der Waals surface area contributed by atoms with Crippen molar-refractivity contribution in [3.05, 3.63) is 44.8 Å². The first-order valence-electron chi connectivity index (χ1n) is 6.37. The van der Waals surface area contributed by atoms with Crippen molar-refractivity contribution in [3.8, 4) is 17.3 Å². The number of nitriles is 1. The molecule has 1 aromatic carbocycles. The summed E-state index contributed by atoms with van der Waals surface area (Å²) < 4.78 is 1.05. The second kappa shape index (κ2) is 5.78. The van der Waals surface area contributed by atoms with E-state index in [1.807, 2.05) is 29.6 Å². The van der Waals surface area contributed by atoms with Crippen LogP contribution < -0.4 is 5.32 Å². The molecule has 0 aliphatic carbocycles. The lowest BCUT2D eigenvalue weighted by molar-refractivity contribution is 0.904. The van der Waals surface area contributed by atoms with Gasteiger partial charge >= 0.3 is 0 Å². The van der Waals surface area contributed by atoms with Crippen molar-refractivity contribution in [2.75, 3.05) is 6.54 Å². The van der Waals surface area contributed by atoms with Gasteiger partial charge in [-0.15, -0.1) is 11.3 Å². The molecule has 1 N–H and O–H groups in total. The van der Waals surface area contributed by atoms with E-state index in [1.54, 1.807) is 0 Å². The largest absolute Gasteiger partial charge is 0.387 e. The highest BCUT2D eigenvalue weighted by atomic mass is 79.9. The van der Waals surface area contributed by atoms with Gasteiger partial charge in [0.15, 0.2) is 0 Å². The van der Waals surface area contributed by atoms with E-state index >= 15 is 0 Å². The van der Waals surface area contributed by atoms with Gasteiger partial charge in [0.25, 0.3) is 0 Å². The lowest BCUT2D eigenvalue weighted by Gasteiger charge is -2.01. The first kappa shape index (κ1) is 13.3. The van der Waals surface area contributed by atoms with Crippen molar-refractivity contribution < 1.29 is 0 Å². The van der Waals surface area contributed by atoms with Crippen LogP contribution in [0.4, 0.5) is 0 Å². The number of nitrogens with one attached hydrogen (secondary N) is 1. The average Bonchev–Trinajstić information content (AvgIpc) is 3.12. The molecule has 2 aromatic rings. The van der Waals surface area contributed by atoms with Gasteiger partial charge in [0.2, 0.25) is 0 Å². The summed E-state index contributed by atoms with van der Waals surface area (Å²) in [5.41, 5.74) is 3.71. The SMILES string of the molecule is N#CC(=C1CCCN1)c1nc(-c2ccc(Br)cc2)cs1. The predicted molar refractivity (Wildman–Crippen MR) is 85.0 cm³/mol. The van der Waals surface area contributed by atoms with Crippen molar-refractivity contribution in [1.29, 1.82) is 5.26 Å². The molecular formula is C15H12BrN3S. The molecule has 1 aliphatic heterocycles. The molecule has 3 rings (SSSR count). The van der Waals surface area contributed by atoms with Crippen LogP contribution >= 0.6 is 27.3 Å². The van der Waals surface area contributed by atoms with Crippen LogP contribution in [0.3, 0.4) is 0 Å². The molecule has 20 heavy (non-hydrogen) atoms. The minimum absolute atomic E-state index is 0.691. The highest BCUT2D eigenvalue weighted by Crippen LogP contribution is 2.29. The highest BCUT2D eigenvalue weighted by molar-refractivity contribution is 9.10. The number of rotatable bonds is 2. The van der Waals surface area contributed by atoms with Crippen molar-refractivity contribution in [3.63, 3.8) is 0 Å². The summed E-state index contributed by atoms with van der Waals surface area (Å²) in [5, 5.41) is 15.5. The van der Waals surface area contributed by atoms with Crippen molar-refractivity contribution in [2.24, 2.45) is 0 Å². The molecule has 0 saturated carbocycles. The monoisotopic (exact) mass is 345 g/mol. The van der Waals surface area contributed by atoms with Crippen LogP contribution in [-0.2, 0) is 0 Å². The standard InChI is InChI=1S/C15H12BrN3S/c16-11-5-3-10(4-6-11)14-9-20-15(19-14)12(8-17)13-2-1-7-18-13/h3-6,9,18H,1-2,7H2. The van der Waals surface area contributed by atoms with Gasteiger partial charge in [-0.3, -0.25) is 0 Å². The summed E-state index contributed by atoms with van der Waals surface area (Å²) in [5.74, 6) is 0. The zero-order valence-corrected chi connectivity index (χ0v) is 13.1. The Morgan fingerprint density at radius 1 is 1.35 bits per heavy atom. The van der Waals surface area contributed by atoms with E-state index in [4.69, 9.17) is 0 Å². The topological polar surface area (TPSA) is 48.7 Å². The number of hydrogen-bond donors (Lipinski definition) is 1. The Kier molecular flexibility index (Phi) is 3.86. The van der Waals surface area contributed by atoms with Gasteiger partial charge in [-0.2, -0.15) is 5.26 Å². The third-order valence-electron chi connectivity index (χ3n) is 3.21. The number of halogens is 1. The number of thiazole rings is 1. The van der Waals surface area contributed by atoms with Gasteiger partial charge in [-0.25, -0.2) is 4.98 Å². The molecule has 0 spiro atoms. The molecule has 0 unspecified atom stereocenters. The Labute approximate surface area is 130 Å². The Hall–Kier alpha value is -1.64. The second-order valence-electron chi connectivity index (χ2n) is 4.54. The van der Waals surface area contributed by atoms with E-state index in [-0.39, 0.29) is 0 Å². The van der Waals surface area contributed by atoms with Crippen molar-refractivity contribution in [1.82, 2.24) is 10.3 Å². The Morgan fingerprint density at radius 3 is 2.80 bits per heavy atom. The molecule has 100 valence electrons. The maximum absolute atomic E-state index is 9.37. The smallest absolute Gasteiger partial charge is 0.136 e. The average molecular weight is 346 g/mol. The molecule has 0 amide bonds. The van der Waals surface area contributed by atoms with E-state index in [2.05, 4.69) is 32.3 Å². The van der Waals surface area contributed by atoms with E-state index in [9.17, 15) is 5.26 Å². The van der Waals surface area contributed by atoms with Crippen molar-refractivity contribution >= 4 is 32.8 Å². The van der Waals surface area contributed by atoms with Crippen LogP contribution in [0.15, 0.2) is 39.8 Å². The molecule has 5 heteroatoms. The fraction of sp³-hybridized carbons (Fsp3) is 0.200.